The lowest BCUT2D eigenvalue weighted by Crippen LogP contribution is -2.20. The van der Waals surface area contributed by atoms with Crippen LogP contribution in [0.5, 0.6) is 5.75 Å². The highest BCUT2D eigenvalue weighted by Gasteiger charge is 2.10. The van der Waals surface area contributed by atoms with Crippen LogP contribution in [0.2, 0.25) is 5.02 Å². The van der Waals surface area contributed by atoms with Crippen molar-refractivity contribution in [3.05, 3.63) is 41.4 Å². The Morgan fingerprint density at radius 3 is 2.40 bits per heavy atom. The molecule has 76 valence electrons. The van der Waals surface area contributed by atoms with Gasteiger partial charge in [0.25, 0.3) is 0 Å². The first-order chi connectivity index (χ1) is 7.15. The molecule has 0 aromatic heterocycles. The smallest absolute Gasteiger partial charge is 0.512 e. The van der Waals surface area contributed by atoms with Gasteiger partial charge in [-0.25, -0.2) is 0 Å². The Bertz CT molecular complexity index is 487. The Kier molecular flexibility index (Phi) is 2.82. The van der Waals surface area contributed by atoms with Gasteiger partial charge in [0.1, 0.15) is 5.75 Å². The molecule has 0 aliphatic carbocycles. The second-order valence-electron chi connectivity index (χ2n) is 3.10. The number of benzene rings is 2. The van der Waals surface area contributed by atoms with Crippen LogP contribution < -0.4 is 4.65 Å². The van der Waals surface area contributed by atoms with Crippen molar-refractivity contribution in [2.45, 2.75) is 0 Å². The summed E-state index contributed by atoms with van der Waals surface area (Å²) >= 11 is 5.83. The zero-order valence-corrected chi connectivity index (χ0v) is 8.48. The van der Waals surface area contributed by atoms with Crippen molar-refractivity contribution in [1.82, 2.24) is 0 Å². The molecule has 0 bridgehead atoms. The van der Waals surface area contributed by atoms with Gasteiger partial charge in [-0.3, -0.25) is 0 Å². The highest BCUT2D eigenvalue weighted by Crippen LogP contribution is 2.23. The van der Waals surface area contributed by atoms with Gasteiger partial charge in [0.2, 0.25) is 0 Å². The molecule has 2 N–H and O–H groups in total. The molecule has 0 fully saturated rings. The molecule has 0 amide bonds. The minimum atomic E-state index is -1.80. The Morgan fingerprint density at radius 1 is 1.00 bits per heavy atom. The molecule has 0 radical (unpaired) electrons. The van der Waals surface area contributed by atoms with Gasteiger partial charge in [0, 0.05) is 5.02 Å². The van der Waals surface area contributed by atoms with E-state index in [4.69, 9.17) is 26.3 Å². The molecule has 0 saturated heterocycles. The van der Waals surface area contributed by atoms with E-state index >= 15 is 0 Å². The standard InChI is InChI=1S/C10H8BClO3/c12-9-3-1-8-6-10(15-11(13)14)4-2-7(8)5-9/h1-6,13-14H. The molecule has 2 aromatic carbocycles. The van der Waals surface area contributed by atoms with E-state index in [0.717, 1.165) is 10.8 Å². The molecule has 2 aromatic rings. The molecule has 5 heteroatoms. The summed E-state index contributed by atoms with van der Waals surface area (Å²) in [5.41, 5.74) is 0. The summed E-state index contributed by atoms with van der Waals surface area (Å²) in [7, 11) is -1.80. The fourth-order valence-electron chi connectivity index (χ4n) is 1.39. The number of rotatable bonds is 2. The van der Waals surface area contributed by atoms with Gasteiger partial charge in [-0.05, 0) is 35.0 Å². The van der Waals surface area contributed by atoms with Crippen LogP contribution in [0.1, 0.15) is 0 Å². The number of fused-ring (bicyclic) bond motifs is 1. The number of halogens is 1. The number of hydrogen-bond donors (Lipinski definition) is 2. The van der Waals surface area contributed by atoms with E-state index in [-0.39, 0.29) is 0 Å². The summed E-state index contributed by atoms with van der Waals surface area (Å²) in [6.45, 7) is 0. The first-order valence-corrected chi connectivity index (χ1v) is 4.75. The van der Waals surface area contributed by atoms with Crippen LogP contribution in [0.3, 0.4) is 0 Å². The number of hydrogen-bond acceptors (Lipinski definition) is 3. The molecule has 15 heavy (non-hydrogen) atoms. The van der Waals surface area contributed by atoms with Crippen LogP contribution in [0.25, 0.3) is 10.8 Å². The molecule has 0 saturated carbocycles. The summed E-state index contributed by atoms with van der Waals surface area (Å²) in [6.07, 6.45) is 0. The van der Waals surface area contributed by atoms with Crippen LogP contribution in [-0.4, -0.2) is 17.4 Å². The second kappa shape index (κ2) is 4.10. The topological polar surface area (TPSA) is 49.7 Å². The van der Waals surface area contributed by atoms with E-state index < -0.39 is 7.32 Å². The van der Waals surface area contributed by atoms with E-state index in [9.17, 15) is 0 Å². The van der Waals surface area contributed by atoms with E-state index in [1.54, 1.807) is 24.3 Å². The van der Waals surface area contributed by atoms with E-state index in [2.05, 4.69) is 0 Å². The summed E-state index contributed by atoms with van der Waals surface area (Å²) in [4.78, 5) is 0. The lowest BCUT2D eigenvalue weighted by Gasteiger charge is -2.05. The van der Waals surface area contributed by atoms with E-state index in [0.29, 0.717) is 10.8 Å². The van der Waals surface area contributed by atoms with Gasteiger partial charge < -0.3 is 14.7 Å². The molecule has 0 spiro atoms. The van der Waals surface area contributed by atoms with Crippen molar-refractivity contribution in [2.75, 3.05) is 0 Å². The lowest BCUT2D eigenvalue weighted by atomic mass is 10.1. The van der Waals surface area contributed by atoms with Gasteiger partial charge in [0.05, 0.1) is 0 Å². The fraction of sp³-hybridized carbons (Fsp3) is 0. The third-order valence-electron chi connectivity index (χ3n) is 2.02. The van der Waals surface area contributed by atoms with Crippen molar-refractivity contribution >= 4 is 29.7 Å². The minimum Gasteiger partial charge on any atom is -0.512 e. The average molecular weight is 222 g/mol. The van der Waals surface area contributed by atoms with Gasteiger partial charge >= 0.3 is 7.32 Å². The lowest BCUT2D eigenvalue weighted by molar-refractivity contribution is 0.288. The van der Waals surface area contributed by atoms with Crippen LogP contribution in [0.15, 0.2) is 36.4 Å². The van der Waals surface area contributed by atoms with Crippen LogP contribution in [0.4, 0.5) is 0 Å². The first kappa shape index (κ1) is 10.3. The predicted molar refractivity (Wildman–Crippen MR) is 59.8 cm³/mol. The van der Waals surface area contributed by atoms with E-state index in [1.165, 1.54) is 0 Å². The predicted octanol–water partition coefficient (Wildman–Crippen LogP) is 1.84. The normalized spacial score (nSPS) is 10.3. The summed E-state index contributed by atoms with van der Waals surface area (Å²) < 4.78 is 4.73. The van der Waals surface area contributed by atoms with Gasteiger partial charge in [-0.1, -0.05) is 23.7 Å². The molecule has 0 atom stereocenters. The van der Waals surface area contributed by atoms with Gasteiger partial charge in [0.15, 0.2) is 0 Å². The second-order valence-corrected chi connectivity index (χ2v) is 3.53. The monoisotopic (exact) mass is 222 g/mol. The fourth-order valence-corrected chi connectivity index (χ4v) is 1.57. The SMILES string of the molecule is OB(O)Oc1ccc2cc(Cl)ccc2c1. The Balaban J connectivity index is 2.43. The third-order valence-corrected chi connectivity index (χ3v) is 2.25. The summed E-state index contributed by atoms with van der Waals surface area (Å²) in [5.74, 6) is 0.403. The zero-order chi connectivity index (χ0) is 10.8. The van der Waals surface area contributed by atoms with E-state index in [1.807, 2.05) is 12.1 Å². The quantitative estimate of drug-likeness (QED) is 0.762. The molecule has 0 heterocycles. The highest BCUT2D eigenvalue weighted by molar-refractivity contribution is 6.33. The van der Waals surface area contributed by atoms with Crippen LogP contribution >= 0.6 is 11.6 Å². The minimum absolute atomic E-state index is 0.403. The first-order valence-electron chi connectivity index (χ1n) is 4.37. The van der Waals surface area contributed by atoms with Gasteiger partial charge in [-0.2, -0.15) is 0 Å². The van der Waals surface area contributed by atoms with Crippen molar-refractivity contribution in [2.24, 2.45) is 0 Å². The van der Waals surface area contributed by atoms with Crippen molar-refractivity contribution < 1.29 is 14.7 Å². The van der Waals surface area contributed by atoms with Gasteiger partial charge in [-0.15, -0.1) is 0 Å². The maximum atomic E-state index is 8.63. The van der Waals surface area contributed by atoms with Crippen LogP contribution in [0, 0.1) is 0 Å². The highest BCUT2D eigenvalue weighted by atomic mass is 35.5. The molecule has 3 nitrogen and oxygen atoms in total. The summed E-state index contributed by atoms with van der Waals surface area (Å²) in [5, 5.41) is 19.8. The molecule has 0 aliphatic rings. The Labute approximate surface area is 92.0 Å². The molecular weight excluding hydrogens is 214 g/mol. The Hall–Kier alpha value is -1.23. The molecular formula is C10H8BClO3. The Morgan fingerprint density at radius 2 is 1.67 bits per heavy atom. The van der Waals surface area contributed by atoms with Crippen LogP contribution in [-0.2, 0) is 0 Å². The zero-order valence-electron chi connectivity index (χ0n) is 7.72. The van der Waals surface area contributed by atoms with Crippen molar-refractivity contribution in [1.29, 1.82) is 0 Å². The largest absolute Gasteiger partial charge is 0.707 e. The van der Waals surface area contributed by atoms with Crippen molar-refractivity contribution in [3.63, 3.8) is 0 Å². The average Bonchev–Trinajstić information content (AvgIpc) is 2.17. The summed E-state index contributed by atoms with van der Waals surface area (Å²) in [6, 6.07) is 10.6. The maximum Gasteiger partial charge on any atom is 0.707 e. The molecule has 2 rings (SSSR count). The molecule has 0 aliphatic heterocycles. The maximum absolute atomic E-state index is 8.63. The third kappa shape index (κ3) is 2.42. The van der Waals surface area contributed by atoms with Crippen molar-refractivity contribution in [3.8, 4) is 5.75 Å². The molecule has 0 unspecified atom stereocenters.